The minimum Gasteiger partial charge on any atom is -0.279 e. The first-order chi connectivity index (χ1) is 9.29. The molecule has 1 N–H and O–H groups in total. The molecule has 0 aromatic heterocycles. The fourth-order valence-corrected chi connectivity index (χ4v) is 3.51. The third kappa shape index (κ3) is 3.14. The summed E-state index contributed by atoms with van der Waals surface area (Å²) in [5, 5.41) is 0.596. The Hall–Kier alpha value is -1.52. The van der Waals surface area contributed by atoms with Crippen molar-refractivity contribution in [3.05, 3.63) is 58.1 Å². The van der Waals surface area contributed by atoms with Gasteiger partial charge in [-0.05, 0) is 56.2 Å². The lowest BCUT2D eigenvalue weighted by molar-refractivity contribution is 0.601. The van der Waals surface area contributed by atoms with Crippen molar-refractivity contribution >= 4 is 27.3 Å². The van der Waals surface area contributed by atoms with Crippen LogP contribution in [0.3, 0.4) is 0 Å². The Bertz CT molecular complexity index is 714. The van der Waals surface area contributed by atoms with E-state index in [1.807, 2.05) is 20.8 Å². The van der Waals surface area contributed by atoms with Crippen molar-refractivity contribution in [3.63, 3.8) is 0 Å². The van der Waals surface area contributed by atoms with Gasteiger partial charge in [-0.15, -0.1) is 0 Å². The summed E-state index contributed by atoms with van der Waals surface area (Å²) in [5.74, 6) is 0. The van der Waals surface area contributed by atoms with Crippen molar-refractivity contribution in [1.29, 1.82) is 0 Å². The normalized spacial score (nSPS) is 11.4. The minimum atomic E-state index is -3.58. The molecule has 106 valence electrons. The van der Waals surface area contributed by atoms with Crippen molar-refractivity contribution in [3.8, 4) is 0 Å². The Balaban J connectivity index is 2.41. The number of hydrogen-bond acceptors (Lipinski definition) is 2. The maximum Gasteiger partial charge on any atom is 0.261 e. The van der Waals surface area contributed by atoms with E-state index in [2.05, 4.69) is 4.72 Å². The average Bonchev–Trinajstić information content (AvgIpc) is 2.34. The van der Waals surface area contributed by atoms with Crippen molar-refractivity contribution in [2.75, 3.05) is 4.72 Å². The smallest absolute Gasteiger partial charge is 0.261 e. The summed E-state index contributed by atoms with van der Waals surface area (Å²) in [5.41, 5.74) is 3.19. The summed E-state index contributed by atoms with van der Waals surface area (Å²) < 4.78 is 27.3. The summed E-state index contributed by atoms with van der Waals surface area (Å²) >= 11 is 5.95. The monoisotopic (exact) mass is 309 g/mol. The number of benzene rings is 2. The molecule has 0 amide bonds. The molecule has 2 aromatic rings. The molecule has 0 spiro atoms. The summed E-state index contributed by atoms with van der Waals surface area (Å²) in [6.45, 7) is 5.56. The topological polar surface area (TPSA) is 46.2 Å². The molecule has 0 saturated heterocycles. The van der Waals surface area contributed by atoms with Crippen molar-refractivity contribution in [1.82, 2.24) is 0 Å². The lowest BCUT2D eigenvalue weighted by Gasteiger charge is -2.14. The summed E-state index contributed by atoms with van der Waals surface area (Å²) in [6, 6.07) is 10.2. The Labute approximate surface area is 124 Å². The average molecular weight is 310 g/mol. The zero-order valence-electron chi connectivity index (χ0n) is 11.6. The Morgan fingerprint density at radius 3 is 1.95 bits per heavy atom. The summed E-state index contributed by atoms with van der Waals surface area (Å²) in [4.78, 5) is 0.247. The minimum absolute atomic E-state index is 0.247. The Morgan fingerprint density at radius 1 is 0.950 bits per heavy atom. The third-order valence-electron chi connectivity index (χ3n) is 3.07. The van der Waals surface area contributed by atoms with E-state index < -0.39 is 10.0 Å². The van der Waals surface area contributed by atoms with Gasteiger partial charge in [0.05, 0.1) is 10.6 Å². The van der Waals surface area contributed by atoms with Crippen LogP contribution in [0.25, 0.3) is 0 Å². The van der Waals surface area contributed by atoms with Crippen LogP contribution < -0.4 is 4.72 Å². The van der Waals surface area contributed by atoms with E-state index in [9.17, 15) is 8.42 Å². The van der Waals surface area contributed by atoms with Gasteiger partial charge in [-0.2, -0.15) is 0 Å². The largest absolute Gasteiger partial charge is 0.279 e. The molecule has 5 heteroatoms. The SMILES string of the molecule is Cc1ccc(S(=O)(=O)Nc2c(C)cc(Cl)cc2C)cc1. The quantitative estimate of drug-likeness (QED) is 0.929. The van der Waals surface area contributed by atoms with E-state index in [0.717, 1.165) is 16.7 Å². The number of nitrogens with one attached hydrogen (secondary N) is 1. The van der Waals surface area contributed by atoms with Gasteiger partial charge in [0.15, 0.2) is 0 Å². The second-order valence-electron chi connectivity index (χ2n) is 4.83. The van der Waals surface area contributed by atoms with Gasteiger partial charge in [0, 0.05) is 5.02 Å². The van der Waals surface area contributed by atoms with Gasteiger partial charge in [-0.25, -0.2) is 8.42 Å². The van der Waals surface area contributed by atoms with Crippen LogP contribution in [0.15, 0.2) is 41.3 Å². The Kier molecular flexibility index (Phi) is 4.06. The number of hydrogen-bond donors (Lipinski definition) is 1. The molecule has 0 atom stereocenters. The number of anilines is 1. The molecule has 0 bridgehead atoms. The van der Waals surface area contributed by atoms with Crippen LogP contribution >= 0.6 is 11.6 Å². The van der Waals surface area contributed by atoms with Gasteiger partial charge in [-0.1, -0.05) is 29.3 Å². The number of halogens is 1. The molecule has 0 heterocycles. The van der Waals surface area contributed by atoms with Crippen LogP contribution in [0.4, 0.5) is 5.69 Å². The maximum atomic E-state index is 12.4. The molecule has 0 aliphatic heterocycles. The van der Waals surface area contributed by atoms with Crippen LogP contribution in [-0.2, 0) is 10.0 Å². The fraction of sp³-hybridized carbons (Fsp3) is 0.200. The van der Waals surface area contributed by atoms with E-state index in [0.29, 0.717) is 10.7 Å². The predicted molar refractivity (Wildman–Crippen MR) is 82.9 cm³/mol. The first kappa shape index (κ1) is 14.9. The molecule has 0 radical (unpaired) electrons. The molecule has 0 fully saturated rings. The molecule has 0 unspecified atom stereocenters. The number of rotatable bonds is 3. The summed E-state index contributed by atoms with van der Waals surface area (Å²) in [6.07, 6.45) is 0. The second kappa shape index (κ2) is 5.46. The van der Waals surface area contributed by atoms with Gasteiger partial charge in [0.2, 0.25) is 0 Å². The molecule has 2 rings (SSSR count). The van der Waals surface area contributed by atoms with Crippen LogP contribution in [0, 0.1) is 20.8 Å². The lowest BCUT2D eigenvalue weighted by Crippen LogP contribution is -2.14. The van der Waals surface area contributed by atoms with E-state index in [-0.39, 0.29) is 4.90 Å². The highest BCUT2D eigenvalue weighted by Gasteiger charge is 2.16. The first-order valence-corrected chi connectivity index (χ1v) is 8.02. The maximum absolute atomic E-state index is 12.4. The number of aryl methyl sites for hydroxylation is 3. The van der Waals surface area contributed by atoms with E-state index in [1.54, 1.807) is 36.4 Å². The molecular formula is C15H16ClNO2S. The molecule has 0 saturated carbocycles. The highest BCUT2D eigenvalue weighted by atomic mass is 35.5. The molecule has 0 aliphatic rings. The van der Waals surface area contributed by atoms with E-state index >= 15 is 0 Å². The van der Waals surface area contributed by atoms with Gasteiger partial charge < -0.3 is 0 Å². The fourth-order valence-electron chi connectivity index (χ4n) is 1.98. The van der Waals surface area contributed by atoms with Crippen molar-refractivity contribution in [2.45, 2.75) is 25.7 Å². The predicted octanol–water partition coefficient (Wildman–Crippen LogP) is 4.07. The molecule has 0 aliphatic carbocycles. The Morgan fingerprint density at radius 2 is 1.45 bits per heavy atom. The third-order valence-corrected chi connectivity index (χ3v) is 4.65. The zero-order chi connectivity index (χ0) is 14.9. The van der Waals surface area contributed by atoms with Crippen molar-refractivity contribution < 1.29 is 8.42 Å². The van der Waals surface area contributed by atoms with Gasteiger partial charge in [0.1, 0.15) is 0 Å². The van der Waals surface area contributed by atoms with Crippen molar-refractivity contribution in [2.24, 2.45) is 0 Å². The first-order valence-electron chi connectivity index (χ1n) is 6.16. The van der Waals surface area contributed by atoms with Gasteiger partial charge in [0.25, 0.3) is 10.0 Å². The molecule has 2 aromatic carbocycles. The summed E-state index contributed by atoms with van der Waals surface area (Å²) in [7, 11) is -3.58. The second-order valence-corrected chi connectivity index (χ2v) is 6.95. The lowest BCUT2D eigenvalue weighted by atomic mass is 10.1. The van der Waals surface area contributed by atoms with Gasteiger partial charge in [-0.3, -0.25) is 4.72 Å². The van der Waals surface area contributed by atoms with Crippen LogP contribution in [0.1, 0.15) is 16.7 Å². The molecule has 20 heavy (non-hydrogen) atoms. The molecule has 3 nitrogen and oxygen atoms in total. The van der Waals surface area contributed by atoms with Crippen LogP contribution in [0.2, 0.25) is 5.02 Å². The van der Waals surface area contributed by atoms with Crippen LogP contribution in [-0.4, -0.2) is 8.42 Å². The zero-order valence-corrected chi connectivity index (χ0v) is 13.1. The highest BCUT2D eigenvalue weighted by Crippen LogP contribution is 2.27. The van der Waals surface area contributed by atoms with Crippen LogP contribution in [0.5, 0.6) is 0 Å². The van der Waals surface area contributed by atoms with Gasteiger partial charge >= 0.3 is 0 Å². The standard InChI is InChI=1S/C15H16ClNO2S/c1-10-4-6-14(7-5-10)20(18,19)17-15-11(2)8-13(16)9-12(15)3/h4-9,17H,1-3H3. The molecular weight excluding hydrogens is 294 g/mol. The van der Waals surface area contributed by atoms with E-state index in [1.165, 1.54) is 0 Å². The van der Waals surface area contributed by atoms with E-state index in [4.69, 9.17) is 11.6 Å². The highest BCUT2D eigenvalue weighted by molar-refractivity contribution is 7.92. The number of sulfonamides is 1.